The lowest BCUT2D eigenvalue weighted by atomic mass is 10.0. The molecule has 0 saturated heterocycles. The van der Waals surface area contributed by atoms with Crippen molar-refractivity contribution < 1.29 is 24.3 Å². The number of nitrogens with two attached hydrogens (primary N) is 1. The maximum atomic E-state index is 12.9. The van der Waals surface area contributed by atoms with E-state index in [1.807, 2.05) is 0 Å². The number of hydrogen-bond donors (Lipinski definition) is 6. The molecule has 3 amide bonds. The SMILES string of the molecule is CCCCCCCCCCCCCCCC(=O)NCC(=O)N[C@@H](CC(C)C=NC=N)C(=O)N[C@@H](CCCCN)C(=O)O. The highest BCUT2D eigenvalue weighted by molar-refractivity contribution is 5.92. The molecule has 11 nitrogen and oxygen atoms in total. The van der Waals surface area contributed by atoms with Gasteiger partial charge in [0.1, 0.15) is 18.4 Å². The highest BCUT2D eigenvalue weighted by Crippen LogP contribution is 2.13. The average molecular weight is 595 g/mol. The molecule has 3 atom stereocenters. The summed E-state index contributed by atoms with van der Waals surface area (Å²) >= 11 is 0. The van der Waals surface area contributed by atoms with Gasteiger partial charge in [-0.15, -0.1) is 0 Å². The topological polar surface area (TPSA) is 187 Å². The van der Waals surface area contributed by atoms with E-state index in [0.29, 0.717) is 25.8 Å². The van der Waals surface area contributed by atoms with E-state index < -0.39 is 29.9 Å². The third kappa shape index (κ3) is 22.8. The van der Waals surface area contributed by atoms with Crippen LogP contribution in [-0.2, 0) is 19.2 Å². The standard InChI is InChI=1S/C31H58N6O5/c1-3-4-5-6-7-8-9-10-11-12-13-14-15-19-28(38)35-23-29(39)36-27(21-25(2)22-34-24-33)30(40)37-26(31(41)42)18-16-17-20-32/h22,24-27,33H,3-21,23,32H2,1-2H3,(H,35,38)(H,36,39)(H,37,40)(H,41,42)/t25?,26-,27-/m0/s1. The van der Waals surface area contributed by atoms with Crippen LogP contribution in [-0.4, -0.2) is 66.5 Å². The summed E-state index contributed by atoms with van der Waals surface area (Å²) in [4.78, 5) is 53.1. The van der Waals surface area contributed by atoms with Crippen molar-refractivity contribution in [3.63, 3.8) is 0 Å². The van der Waals surface area contributed by atoms with E-state index in [1.165, 1.54) is 70.4 Å². The summed E-state index contributed by atoms with van der Waals surface area (Å²) < 4.78 is 0. The summed E-state index contributed by atoms with van der Waals surface area (Å²) in [6.07, 6.45) is 20.1. The number of amides is 3. The first-order chi connectivity index (χ1) is 20.2. The zero-order valence-corrected chi connectivity index (χ0v) is 26.1. The van der Waals surface area contributed by atoms with E-state index in [0.717, 1.165) is 25.6 Å². The fraction of sp³-hybridized carbons (Fsp3) is 0.806. The van der Waals surface area contributed by atoms with Gasteiger partial charge in [-0.25, -0.2) is 9.79 Å². The average Bonchev–Trinajstić information content (AvgIpc) is 2.96. The van der Waals surface area contributed by atoms with Crippen LogP contribution in [0.25, 0.3) is 0 Å². The molecular weight excluding hydrogens is 536 g/mol. The molecule has 0 fully saturated rings. The van der Waals surface area contributed by atoms with E-state index in [4.69, 9.17) is 11.1 Å². The van der Waals surface area contributed by atoms with E-state index in [-0.39, 0.29) is 31.2 Å². The quantitative estimate of drug-likeness (QED) is 0.0440. The van der Waals surface area contributed by atoms with Crippen molar-refractivity contribution in [2.75, 3.05) is 13.1 Å². The Kier molecular flexibility index (Phi) is 25.2. The van der Waals surface area contributed by atoms with Gasteiger partial charge in [-0.05, 0) is 44.6 Å². The Morgan fingerprint density at radius 1 is 0.810 bits per heavy atom. The third-order valence-electron chi connectivity index (χ3n) is 7.19. The number of aliphatic imine (C=N–C) groups is 1. The van der Waals surface area contributed by atoms with Gasteiger partial charge in [0.15, 0.2) is 0 Å². The Labute approximate surface area is 253 Å². The Hall–Kier alpha value is -2.82. The Morgan fingerprint density at radius 3 is 1.90 bits per heavy atom. The molecule has 0 aromatic rings. The number of nitrogens with one attached hydrogen (secondary N) is 4. The largest absolute Gasteiger partial charge is 0.480 e. The zero-order valence-electron chi connectivity index (χ0n) is 26.1. The normalized spacial score (nSPS) is 13.3. The van der Waals surface area contributed by atoms with Crippen LogP contribution >= 0.6 is 0 Å². The van der Waals surface area contributed by atoms with Crippen molar-refractivity contribution in [1.29, 1.82) is 5.41 Å². The van der Waals surface area contributed by atoms with Gasteiger partial charge in [-0.2, -0.15) is 0 Å². The minimum Gasteiger partial charge on any atom is -0.480 e. The summed E-state index contributed by atoms with van der Waals surface area (Å²) in [5.41, 5.74) is 5.48. The number of hydrogen-bond acceptors (Lipinski definition) is 6. The van der Waals surface area contributed by atoms with Crippen LogP contribution in [0.15, 0.2) is 4.99 Å². The van der Waals surface area contributed by atoms with Crippen LogP contribution in [0.2, 0.25) is 0 Å². The number of nitrogens with zero attached hydrogens (tertiary/aromatic N) is 1. The Balaban J connectivity index is 4.44. The first-order valence-electron chi connectivity index (χ1n) is 16.1. The maximum Gasteiger partial charge on any atom is 0.326 e. The predicted molar refractivity (Wildman–Crippen MR) is 169 cm³/mol. The lowest BCUT2D eigenvalue weighted by molar-refractivity contribution is -0.142. The monoisotopic (exact) mass is 594 g/mol. The van der Waals surface area contributed by atoms with Gasteiger partial charge in [-0.3, -0.25) is 19.8 Å². The highest BCUT2D eigenvalue weighted by Gasteiger charge is 2.27. The summed E-state index contributed by atoms with van der Waals surface area (Å²) in [5.74, 6) is -2.82. The number of carbonyl (C=O) groups is 4. The van der Waals surface area contributed by atoms with E-state index in [2.05, 4.69) is 27.9 Å². The van der Waals surface area contributed by atoms with E-state index in [9.17, 15) is 24.3 Å². The molecule has 1 unspecified atom stereocenters. The summed E-state index contributed by atoms with van der Waals surface area (Å²) in [7, 11) is 0. The van der Waals surface area contributed by atoms with Gasteiger partial charge in [-0.1, -0.05) is 90.9 Å². The summed E-state index contributed by atoms with van der Waals surface area (Å²) in [6.45, 7) is 4.16. The van der Waals surface area contributed by atoms with Gasteiger partial charge in [0, 0.05) is 12.6 Å². The van der Waals surface area contributed by atoms with Crippen molar-refractivity contribution in [2.24, 2.45) is 16.6 Å². The number of carboxylic acids is 1. The number of unbranched alkanes of at least 4 members (excludes halogenated alkanes) is 13. The Morgan fingerprint density at radius 2 is 1.38 bits per heavy atom. The van der Waals surface area contributed by atoms with Crippen LogP contribution in [0.3, 0.4) is 0 Å². The lowest BCUT2D eigenvalue weighted by Gasteiger charge is -2.23. The molecule has 0 aromatic carbocycles. The molecule has 11 heteroatoms. The molecule has 0 aliphatic carbocycles. The van der Waals surface area contributed by atoms with E-state index in [1.54, 1.807) is 6.92 Å². The van der Waals surface area contributed by atoms with Gasteiger partial charge in [0.05, 0.1) is 6.54 Å². The molecule has 0 rings (SSSR count). The second-order valence-corrected chi connectivity index (χ2v) is 11.2. The minimum absolute atomic E-state index is 0.150. The van der Waals surface area contributed by atoms with E-state index >= 15 is 0 Å². The predicted octanol–water partition coefficient (Wildman–Crippen LogP) is 4.47. The molecule has 42 heavy (non-hydrogen) atoms. The highest BCUT2D eigenvalue weighted by atomic mass is 16.4. The van der Waals surface area contributed by atoms with Crippen LogP contribution in [0.4, 0.5) is 0 Å². The van der Waals surface area contributed by atoms with Crippen molar-refractivity contribution >= 4 is 36.2 Å². The van der Waals surface area contributed by atoms with Gasteiger partial charge >= 0.3 is 5.97 Å². The lowest BCUT2D eigenvalue weighted by Crippen LogP contribution is -2.53. The fourth-order valence-electron chi connectivity index (χ4n) is 4.69. The molecule has 7 N–H and O–H groups in total. The number of aliphatic carboxylic acids is 1. The first-order valence-corrected chi connectivity index (χ1v) is 16.1. The van der Waals surface area contributed by atoms with Crippen molar-refractivity contribution in [3.8, 4) is 0 Å². The minimum atomic E-state index is -1.16. The second kappa shape index (κ2) is 27.0. The number of rotatable bonds is 28. The first kappa shape index (κ1) is 39.2. The van der Waals surface area contributed by atoms with Gasteiger partial charge < -0.3 is 26.8 Å². The van der Waals surface area contributed by atoms with Crippen LogP contribution < -0.4 is 21.7 Å². The number of carbonyl (C=O) groups excluding carboxylic acids is 3. The molecule has 242 valence electrons. The molecule has 0 aliphatic heterocycles. The van der Waals surface area contributed by atoms with Gasteiger partial charge in [0.25, 0.3) is 0 Å². The molecule has 0 spiro atoms. The maximum absolute atomic E-state index is 12.9. The molecule has 0 aliphatic rings. The van der Waals surface area contributed by atoms with Crippen LogP contribution in [0.5, 0.6) is 0 Å². The fourth-order valence-corrected chi connectivity index (χ4v) is 4.69. The molecule has 0 saturated carbocycles. The van der Waals surface area contributed by atoms with Crippen molar-refractivity contribution in [1.82, 2.24) is 16.0 Å². The van der Waals surface area contributed by atoms with Crippen LogP contribution in [0.1, 0.15) is 129 Å². The van der Waals surface area contributed by atoms with Crippen molar-refractivity contribution in [3.05, 3.63) is 0 Å². The summed E-state index contributed by atoms with van der Waals surface area (Å²) in [5, 5.41) is 24.3. The zero-order chi connectivity index (χ0) is 31.4. The molecule has 0 bridgehead atoms. The van der Waals surface area contributed by atoms with Crippen molar-refractivity contribution in [2.45, 2.75) is 142 Å². The summed E-state index contributed by atoms with van der Waals surface area (Å²) in [6, 6.07) is -2.13. The molecule has 0 aromatic heterocycles. The Bertz CT molecular complexity index is 792. The third-order valence-corrected chi connectivity index (χ3v) is 7.19. The smallest absolute Gasteiger partial charge is 0.326 e. The number of carboxylic acid groups (broad SMARTS) is 1. The molecule has 0 heterocycles. The molecular formula is C31H58N6O5. The van der Waals surface area contributed by atoms with Gasteiger partial charge in [0.2, 0.25) is 17.7 Å². The molecule has 0 radical (unpaired) electrons. The second-order valence-electron chi connectivity index (χ2n) is 11.2. The van der Waals surface area contributed by atoms with Crippen LogP contribution in [0, 0.1) is 11.3 Å².